The molecule has 0 radical (unpaired) electrons. The van der Waals surface area contributed by atoms with Gasteiger partial charge in [-0.3, -0.25) is 4.79 Å². The van der Waals surface area contributed by atoms with E-state index in [-0.39, 0.29) is 11.9 Å². The lowest BCUT2D eigenvalue weighted by Gasteiger charge is -2.43. The molecular formula is C21H24N2O3. The Bertz CT molecular complexity index is 776. The van der Waals surface area contributed by atoms with Gasteiger partial charge >= 0.3 is 0 Å². The molecule has 3 rings (SSSR count). The van der Waals surface area contributed by atoms with Gasteiger partial charge in [-0.2, -0.15) is 5.48 Å². The molecule has 2 atom stereocenters. The number of carbonyl (C=O) groups excluding carboxylic acids is 1. The van der Waals surface area contributed by atoms with Gasteiger partial charge in [-0.15, -0.1) is 0 Å². The Labute approximate surface area is 153 Å². The van der Waals surface area contributed by atoms with E-state index >= 15 is 0 Å². The molecular weight excluding hydrogens is 328 g/mol. The molecule has 0 saturated carbocycles. The van der Waals surface area contributed by atoms with Gasteiger partial charge in [0.1, 0.15) is 5.75 Å². The zero-order valence-corrected chi connectivity index (χ0v) is 14.8. The van der Waals surface area contributed by atoms with Crippen LogP contribution >= 0.6 is 0 Å². The highest BCUT2D eigenvalue weighted by Crippen LogP contribution is 2.36. The summed E-state index contributed by atoms with van der Waals surface area (Å²) in [6, 6.07) is 17.2. The lowest BCUT2D eigenvalue weighted by Crippen LogP contribution is -2.58. The standard InChI is InChI=1S/C21H24N2O3/c1-26-18-12-6-5-8-16(18)11-7-14-21(23-25)15-13-19(24)22-20(21)17-9-3-2-4-10-17/h2-12,20,23,25H,13-15H2,1H3,(H,22,24). The number of amides is 1. The number of methoxy groups -OCH3 is 1. The normalized spacial score (nSPS) is 23.0. The molecule has 26 heavy (non-hydrogen) atoms. The number of hydrogen-bond donors (Lipinski definition) is 3. The Kier molecular flexibility index (Phi) is 5.71. The minimum Gasteiger partial charge on any atom is -0.496 e. The topological polar surface area (TPSA) is 70.6 Å². The van der Waals surface area contributed by atoms with Gasteiger partial charge in [0.25, 0.3) is 0 Å². The van der Waals surface area contributed by atoms with E-state index < -0.39 is 5.54 Å². The highest BCUT2D eigenvalue weighted by molar-refractivity contribution is 5.78. The predicted molar refractivity (Wildman–Crippen MR) is 101 cm³/mol. The summed E-state index contributed by atoms with van der Waals surface area (Å²) < 4.78 is 5.37. The Hall–Kier alpha value is -2.63. The van der Waals surface area contributed by atoms with Gasteiger partial charge in [0.2, 0.25) is 5.91 Å². The number of ether oxygens (including phenoxy) is 1. The smallest absolute Gasteiger partial charge is 0.220 e. The fraction of sp³-hybridized carbons (Fsp3) is 0.286. The van der Waals surface area contributed by atoms with Crippen molar-refractivity contribution in [3.05, 3.63) is 71.8 Å². The molecule has 1 aliphatic rings. The Morgan fingerprint density at radius 3 is 2.69 bits per heavy atom. The summed E-state index contributed by atoms with van der Waals surface area (Å²) in [5.74, 6) is 0.796. The SMILES string of the molecule is COc1ccccc1C=CCC1(NO)CCC(=O)NC1c1ccccc1. The first-order valence-corrected chi connectivity index (χ1v) is 8.74. The molecule has 0 spiro atoms. The lowest BCUT2D eigenvalue weighted by atomic mass is 9.76. The van der Waals surface area contributed by atoms with E-state index in [2.05, 4.69) is 10.8 Å². The van der Waals surface area contributed by atoms with Crippen LogP contribution in [0.2, 0.25) is 0 Å². The van der Waals surface area contributed by atoms with Crippen molar-refractivity contribution in [1.82, 2.24) is 10.8 Å². The maximum atomic E-state index is 12.0. The molecule has 136 valence electrons. The lowest BCUT2D eigenvalue weighted by molar-refractivity contribution is -0.127. The van der Waals surface area contributed by atoms with Crippen molar-refractivity contribution >= 4 is 12.0 Å². The van der Waals surface area contributed by atoms with Crippen molar-refractivity contribution in [3.8, 4) is 5.75 Å². The third-order valence-corrected chi connectivity index (χ3v) is 4.93. The summed E-state index contributed by atoms with van der Waals surface area (Å²) in [4.78, 5) is 12.0. The van der Waals surface area contributed by atoms with E-state index in [9.17, 15) is 10.0 Å². The number of para-hydroxylation sites is 1. The average molecular weight is 352 g/mol. The molecule has 1 fully saturated rings. The Morgan fingerprint density at radius 1 is 1.23 bits per heavy atom. The molecule has 5 heteroatoms. The molecule has 2 aromatic rings. The molecule has 5 nitrogen and oxygen atoms in total. The van der Waals surface area contributed by atoms with Crippen molar-refractivity contribution in [3.63, 3.8) is 0 Å². The number of carbonyl (C=O) groups is 1. The van der Waals surface area contributed by atoms with Gasteiger partial charge in [-0.1, -0.05) is 60.7 Å². The largest absolute Gasteiger partial charge is 0.496 e. The number of hydrogen-bond acceptors (Lipinski definition) is 4. The number of benzene rings is 2. The molecule has 1 saturated heterocycles. The Morgan fingerprint density at radius 2 is 1.96 bits per heavy atom. The summed E-state index contributed by atoms with van der Waals surface area (Å²) in [5.41, 5.74) is 3.78. The van der Waals surface area contributed by atoms with E-state index in [1.54, 1.807) is 7.11 Å². The number of hydroxylamine groups is 1. The van der Waals surface area contributed by atoms with E-state index in [0.717, 1.165) is 16.9 Å². The second-order valence-corrected chi connectivity index (χ2v) is 6.53. The number of nitrogens with one attached hydrogen (secondary N) is 2. The van der Waals surface area contributed by atoms with E-state index in [1.165, 1.54) is 0 Å². The van der Waals surface area contributed by atoms with Crippen molar-refractivity contribution < 1.29 is 14.7 Å². The highest BCUT2D eigenvalue weighted by Gasteiger charge is 2.43. The summed E-state index contributed by atoms with van der Waals surface area (Å²) in [5, 5.41) is 13.0. The molecule has 0 aliphatic carbocycles. The monoisotopic (exact) mass is 352 g/mol. The summed E-state index contributed by atoms with van der Waals surface area (Å²) in [6.07, 6.45) is 5.47. The van der Waals surface area contributed by atoms with Crippen molar-refractivity contribution in [2.45, 2.75) is 30.8 Å². The van der Waals surface area contributed by atoms with Crippen LogP contribution in [0.1, 0.15) is 36.4 Å². The zero-order valence-electron chi connectivity index (χ0n) is 14.8. The fourth-order valence-electron chi connectivity index (χ4n) is 3.49. The van der Waals surface area contributed by atoms with E-state index in [0.29, 0.717) is 19.3 Å². The maximum absolute atomic E-state index is 12.0. The molecule has 1 amide bonds. The second-order valence-electron chi connectivity index (χ2n) is 6.53. The zero-order chi connectivity index (χ0) is 18.4. The van der Waals surface area contributed by atoms with Crippen LogP contribution < -0.4 is 15.5 Å². The van der Waals surface area contributed by atoms with Crippen LogP contribution in [0.3, 0.4) is 0 Å². The van der Waals surface area contributed by atoms with E-state index in [4.69, 9.17) is 4.74 Å². The summed E-state index contributed by atoms with van der Waals surface area (Å²) in [6.45, 7) is 0. The molecule has 1 aliphatic heterocycles. The second kappa shape index (κ2) is 8.17. The third kappa shape index (κ3) is 3.79. The molecule has 2 aromatic carbocycles. The van der Waals surface area contributed by atoms with Crippen LogP contribution in [0.4, 0.5) is 0 Å². The average Bonchev–Trinajstić information content (AvgIpc) is 2.70. The molecule has 0 bridgehead atoms. The van der Waals surface area contributed by atoms with Crippen LogP contribution in [-0.4, -0.2) is 23.8 Å². The van der Waals surface area contributed by atoms with Gasteiger partial charge in [0.05, 0.1) is 18.7 Å². The van der Waals surface area contributed by atoms with Crippen LogP contribution in [0.5, 0.6) is 5.75 Å². The van der Waals surface area contributed by atoms with Gasteiger partial charge in [-0.25, -0.2) is 0 Å². The summed E-state index contributed by atoms with van der Waals surface area (Å²) in [7, 11) is 1.64. The van der Waals surface area contributed by atoms with Gasteiger partial charge in [-0.05, 0) is 24.5 Å². The van der Waals surface area contributed by atoms with Crippen LogP contribution in [0.25, 0.3) is 6.08 Å². The Balaban J connectivity index is 1.86. The van der Waals surface area contributed by atoms with Gasteiger partial charge in [0.15, 0.2) is 0 Å². The molecule has 1 heterocycles. The quantitative estimate of drug-likeness (QED) is 0.696. The predicted octanol–water partition coefficient (Wildman–Crippen LogP) is 3.47. The molecule has 2 unspecified atom stereocenters. The molecule has 3 N–H and O–H groups in total. The molecule has 0 aromatic heterocycles. The van der Waals surface area contributed by atoms with Crippen molar-refractivity contribution in [2.24, 2.45) is 0 Å². The minimum atomic E-state index is -0.659. The van der Waals surface area contributed by atoms with Gasteiger partial charge in [0, 0.05) is 12.0 Å². The van der Waals surface area contributed by atoms with Crippen LogP contribution in [0, 0.1) is 0 Å². The van der Waals surface area contributed by atoms with Gasteiger partial charge < -0.3 is 15.3 Å². The van der Waals surface area contributed by atoms with Crippen LogP contribution in [-0.2, 0) is 4.79 Å². The van der Waals surface area contributed by atoms with Crippen molar-refractivity contribution in [2.75, 3.05) is 7.11 Å². The minimum absolute atomic E-state index is 0.00145. The third-order valence-electron chi connectivity index (χ3n) is 4.93. The van der Waals surface area contributed by atoms with Crippen molar-refractivity contribution in [1.29, 1.82) is 0 Å². The van der Waals surface area contributed by atoms with Crippen LogP contribution in [0.15, 0.2) is 60.7 Å². The summed E-state index contributed by atoms with van der Waals surface area (Å²) >= 11 is 0. The number of rotatable bonds is 6. The van der Waals surface area contributed by atoms with E-state index in [1.807, 2.05) is 66.7 Å². The number of piperidine rings is 1. The highest BCUT2D eigenvalue weighted by atomic mass is 16.5. The first-order chi connectivity index (χ1) is 12.7. The first-order valence-electron chi connectivity index (χ1n) is 8.74. The first kappa shape index (κ1) is 18.2. The maximum Gasteiger partial charge on any atom is 0.220 e. The fourth-order valence-corrected chi connectivity index (χ4v) is 3.49.